The molecule has 0 aromatic carbocycles. The van der Waals surface area contributed by atoms with E-state index < -0.39 is 12.0 Å². The van der Waals surface area contributed by atoms with Gasteiger partial charge < -0.3 is 15.7 Å². The Morgan fingerprint density at radius 1 is 1.24 bits per heavy atom. The Balaban J connectivity index is 2.41. The van der Waals surface area contributed by atoms with E-state index in [0.717, 1.165) is 19.3 Å². The smallest absolute Gasteiger partial charge is 0.325 e. The number of hydrogen-bond donors (Lipinski definition) is 3. The molecule has 0 aromatic heterocycles. The van der Waals surface area contributed by atoms with Crippen LogP contribution in [-0.2, 0) is 4.79 Å². The zero-order chi connectivity index (χ0) is 12.8. The lowest BCUT2D eigenvalue weighted by Crippen LogP contribution is -2.49. The molecule has 0 bridgehead atoms. The highest BCUT2D eigenvalue weighted by molar-refractivity contribution is 5.82. The topological polar surface area (TPSA) is 78.4 Å². The van der Waals surface area contributed by atoms with Crippen molar-refractivity contribution in [2.45, 2.75) is 58.0 Å². The van der Waals surface area contributed by atoms with Gasteiger partial charge in [-0.25, -0.2) is 4.79 Å². The first-order valence-corrected chi connectivity index (χ1v) is 6.30. The molecule has 1 aliphatic rings. The van der Waals surface area contributed by atoms with Gasteiger partial charge in [0.2, 0.25) is 0 Å². The number of nitrogens with one attached hydrogen (secondary N) is 2. The van der Waals surface area contributed by atoms with Crippen molar-refractivity contribution < 1.29 is 14.7 Å². The van der Waals surface area contributed by atoms with E-state index in [2.05, 4.69) is 17.6 Å². The Bertz CT molecular complexity index is 281. The second-order valence-corrected chi connectivity index (χ2v) is 4.90. The molecule has 0 spiro atoms. The first-order valence-electron chi connectivity index (χ1n) is 6.30. The van der Waals surface area contributed by atoms with Gasteiger partial charge in [0.05, 0.1) is 0 Å². The number of urea groups is 1. The molecule has 3 N–H and O–H groups in total. The highest BCUT2D eigenvalue weighted by atomic mass is 16.4. The van der Waals surface area contributed by atoms with Gasteiger partial charge in [-0.3, -0.25) is 4.79 Å². The van der Waals surface area contributed by atoms with E-state index in [1.807, 2.05) is 0 Å². The summed E-state index contributed by atoms with van der Waals surface area (Å²) in [5.41, 5.74) is 0. The minimum absolute atomic E-state index is 0.165. The van der Waals surface area contributed by atoms with Gasteiger partial charge in [-0.15, -0.1) is 0 Å². The summed E-state index contributed by atoms with van der Waals surface area (Å²) in [6.07, 6.45) is 5.67. The Morgan fingerprint density at radius 2 is 1.88 bits per heavy atom. The molecule has 5 heteroatoms. The molecule has 17 heavy (non-hydrogen) atoms. The number of aliphatic carboxylic acids is 1. The van der Waals surface area contributed by atoms with E-state index in [0.29, 0.717) is 5.92 Å². The minimum atomic E-state index is -1.02. The molecule has 2 amide bonds. The maximum Gasteiger partial charge on any atom is 0.325 e. The van der Waals surface area contributed by atoms with Gasteiger partial charge in [0, 0.05) is 6.04 Å². The van der Waals surface area contributed by atoms with E-state index in [9.17, 15) is 9.59 Å². The summed E-state index contributed by atoms with van der Waals surface area (Å²) in [6.45, 7) is 3.59. The first kappa shape index (κ1) is 13.8. The second kappa shape index (κ2) is 6.47. The Hall–Kier alpha value is -1.26. The third-order valence-corrected chi connectivity index (χ3v) is 3.40. The summed E-state index contributed by atoms with van der Waals surface area (Å²) in [5.74, 6) is -0.558. The fourth-order valence-electron chi connectivity index (χ4n) is 2.18. The molecule has 0 saturated heterocycles. The number of hydrogen-bond acceptors (Lipinski definition) is 2. The van der Waals surface area contributed by atoms with Crippen molar-refractivity contribution in [2.24, 2.45) is 5.92 Å². The predicted octanol–water partition coefficient (Wildman–Crippen LogP) is 1.73. The number of rotatable bonds is 3. The van der Waals surface area contributed by atoms with Gasteiger partial charge in [-0.1, -0.05) is 26.2 Å². The average molecular weight is 242 g/mol. The fourth-order valence-corrected chi connectivity index (χ4v) is 2.18. The van der Waals surface area contributed by atoms with Crippen LogP contribution in [0.5, 0.6) is 0 Å². The van der Waals surface area contributed by atoms with Crippen LogP contribution in [0.3, 0.4) is 0 Å². The van der Waals surface area contributed by atoms with Gasteiger partial charge in [0.25, 0.3) is 0 Å². The van der Waals surface area contributed by atoms with Crippen molar-refractivity contribution in [3.8, 4) is 0 Å². The lowest BCUT2D eigenvalue weighted by Gasteiger charge is -2.23. The molecule has 2 unspecified atom stereocenters. The third-order valence-electron chi connectivity index (χ3n) is 3.40. The quantitative estimate of drug-likeness (QED) is 0.659. The van der Waals surface area contributed by atoms with Crippen LogP contribution in [0.2, 0.25) is 0 Å². The van der Waals surface area contributed by atoms with Crippen molar-refractivity contribution in [1.29, 1.82) is 0 Å². The van der Waals surface area contributed by atoms with Gasteiger partial charge in [-0.2, -0.15) is 0 Å². The van der Waals surface area contributed by atoms with Crippen molar-refractivity contribution in [1.82, 2.24) is 10.6 Å². The van der Waals surface area contributed by atoms with Crippen molar-refractivity contribution in [2.75, 3.05) is 0 Å². The molecule has 1 rings (SSSR count). The molecular formula is C12H22N2O3. The summed E-state index contributed by atoms with van der Waals surface area (Å²) in [7, 11) is 0. The number of carboxylic acid groups (broad SMARTS) is 1. The van der Waals surface area contributed by atoms with Gasteiger partial charge in [-0.05, 0) is 25.7 Å². The minimum Gasteiger partial charge on any atom is -0.480 e. The van der Waals surface area contributed by atoms with Crippen LogP contribution in [0.1, 0.15) is 46.0 Å². The maximum absolute atomic E-state index is 11.6. The standard InChI is InChI=1S/C12H22N2O3/c1-8-6-4-3-5-7-10(8)14-12(17)13-9(2)11(15)16/h8-10H,3-7H2,1-2H3,(H,15,16)(H2,13,14,17)/t8?,9-,10?/m1/s1. The van der Waals surface area contributed by atoms with Crippen LogP contribution < -0.4 is 10.6 Å². The Morgan fingerprint density at radius 3 is 2.53 bits per heavy atom. The SMILES string of the molecule is CC1CCCCCC1NC(=O)N[C@H](C)C(=O)O. The monoisotopic (exact) mass is 242 g/mol. The zero-order valence-corrected chi connectivity index (χ0v) is 10.5. The van der Waals surface area contributed by atoms with E-state index in [4.69, 9.17) is 5.11 Å². The highest BCUT2D eigenvalue weighted by Crippen LogP contribution is 2.22. The molecule has 0 radical (unpaired) electrons. The average Bonchev–Trinajstić information content (AvgIpc) is 2.44. The number of amides is 2. The van der Waals surface area contributed by atoms with Crippen molar-refractivity contribution in [3.05, 3.63) is 0 Å². The van der Waals surface area contributed by atoms with Crippen LogP contribution in [-0.4, -0.2) is 29.2 Å². The van der Waals surface area contributed by atoms with Crippen LogP contribution in [0.4, 0.5) is 4.79 Å². The molecule has 3 atom stereocenters. The van der Waals surface area contributed by atoms with Crippen LogP contribution in [0.15, 0.2) is 0 Å². The molecular weight excluding hydrogens is 220 g/mol. The molecule has 0 aromatic rings. The van der Waals surface area contributed by atoms with Crippen molar-refractivity contribution >= 4 is 12.0 Å². The second-order valence-electron chi connectivity index (χ2n) is 4.90. The molecule has 98 valence electrons. The molecule has 0 aliphatic heterocycles. The van der Waals surface area contributed by atoms with Crippen LogP contribution in [0.25, 0.3) is 0 Å². The van der Waals surface area contributed by atoms with Gasteiger partial charge >= 0.3 is 12.0 Å². The number of carboxylic acids is 1. The third kappa shape index (κ3) is 4.63. The lowest BCUT2D eigenvalue weighted by atomic mass is 9.97. The van der Waals surface area contributed by atoms with E-state index in [1.165, 1.54) is 19.8 Å². The normalized spacial score (nSPS) is 26.7. The zero-order valence-electron chi connectivity index (χ0n) is 10.5. The first-order chi connectivity index (χ1) is 8.00. The van der Waals surface area contributed by atoms with E-state index in [-0.39, 0.29) is 12.1 Å². The van der Waals surface area contributed by atoms with Crippen LogP contribution in [0, 0.1) is 5.92 Å². The highest BCUT2D eigenvalue weighted by Gasteiger charge is 2.22. The van der Waals surface area contributed by atoms with Crippen molar-refractivity contribution in [3.63, 3.8) is 0 Å². The van der Waals surface area contributed by atoms with E-state index >= 15 is 0 Å². The number of carbonyl (C=O) groups excluding carboxylic acids is 1. The lowest BCUT2D eigenvalue weighted by molar-refractivity contribution is -0.138. The summed E-state index contributed by atoms with van der Waals surface area (Å²) < 4.78 is 0. The molecule has 1 saturated carbocycles. The molecule has 1 fully saturated rings. The Labute approximate surface area is 102 Å². The summed E-state index contributed by atoms with van der Waals surface area (Å²) in [6, 6.07) is -1.06. The fraction of sp³-hybridized carbons (Fsp3) is 0.833. The Kier molecular flexibility index (Phi) is 5.25. The van der Waals surface area contributed by atoms with E-state index in [1.54, 1.807) is 0 Å². The van der Waals surface area contributed by atoms with Gasteiger partial charge in [0.15, 0.2) is 0 Å². The largest absolute Gasteiger partial charge is 0.480 e. The maximum atomic E-state index is 11.6. The predicted molar refractivity (Wildman–Crippen MR) is 64.8 cm³/mol. The summed E-state index contributed by atoms with van der Waals surface area (Å²) in [5, 5.41) is 14.0. The molecule has 5 nitrogen and oxygen atoms in total. The molecule has 0 heterocycles. The summed E-state index contributed by atoms with van der Waals surface area (Å²) in [4.78, 5) is 22.2. The summed E-state index contributed by atoms with van der Waals surface area (Å²) >= 11 is 0. The van der Waals surface area contributed by atoms with Crippen LogP contribution >= 0.6 is 0 Å². The van der Waals surface area contributed by atoms with Gasteiger partial charge in [0.1, 0.15) is 6.04 Å². The molecule has 1 aliphatic carbocycles. The number of carbonyl (C=O) groups is 2.